The van der Waals surface area contributed by atoms with Crippen molar-refractivity contribution in [3.8, 4) is 0 Å². The first-order valence-corrected chi connectivity index (χ1v) is 11.9. The third kappa shape index (κ3) is 5.55. The fourth-order valence-electron chi connectivity index (χ4n) is 5.12. The third-order valence-electron chi connectivity index (χ3n) is 6.87. The molecule has 2 atom stereocenters. The summed E-state index contributed by atoms with van der Waals surface area (Å²) in [6.45, 7) is 2.98. The molecule has 2 aliphatic rings. The van der Waals surface area contributed by atoms with Gasteiger partial charge in [0.1, 0.15) is 0 Å². The average Bonchev–Trinajstić information content (AvgIpc) is 2.80. The number of hydrogen-bond donors (Lipinski definition) is 2. The zero-order chi connectivity index (χ0) is 22.5. The summed E-state index contributed by atoms with van der Waals surface area (Å²) in [5.41, 5.74) is 6.72. The van der Waals surface area contributed by atoms with E-state index in [0.717, 1.165) is 32.4 Å². The van der Waals surface area contributed by atoms with Crippen LogP contribution in [-0.4, -0.2) is 61.0 Å². The molecule has 2 heterocycles. The lowest BCUT2D eigenvalue weighted by molar-refractivity contribution is -0.121. The number of pyridine rings is 1. The Morgan fingerprint density at radius 3 is 2.88 bits per heavy atom. The smallest absolute Gasteiger partial charge is 0.234 e. The molecule has 0 saturated heterocycles. The van der Waals surface area contributed by atoms with Crippen molar-refractivity contribution in [1.82, 2.24) is 25.4 Å². The van der Waals surface area contributed by atoms with Gasteiger partial charge in [0.2, 0.25) is 5.91 Å². The van der Waals surface area contributed by atoms with Crippen LogP contribution in [0.15, 0.2) is 36.5 Å². The number of nitrogens with zero attached hydrogens (tertiary/aromatic N) is 3. The van der Waals surface area contributed by atoms with Crippen LogP contribution in [-0.2, 0) is 30.7 Å². The molecule has 6 nitrogen and oxygen atoms in total. The van der Waals surface area contributed by atoms with Crippen molar-refractivity contribution in [3.63, 3.8) is 0 Å². The highest BCUT2D eigenvalue weighted by Gasteiger charge is 2.26. The van der Waals surface area contributed by atoms with Gasteiger partial charge in [0.15, 0.2) is 0 Å². The van der Waals surface area contributed by atoms with Gasteiger partial charge in [-0.3, -0.25) is 14.7 Å². The zero-order valence-electron chi connectivity index (χ0n) is 19.7. The van der Waals surface area contributed by atoms with E-state index < -0.39 is 0 Å². The van der Waals surface area contributed by atoms with Crippen LogP contribution in [0.2, 0.25) is 0 Å². The van der Waals surface area contributed by atoms with Crippen LogP contribution >= 0.6 is 0 Å². The summed E-state index contributed by atoms with van der Waals surface area (Å²) >= 11 is 0. The highest BCUT2D eigenvalue weighted by molar-refractivity contribution is 5.78. The molecule has 0 bridgehead atoms. The maximum atomic E-state index is 12.1. The number of benzene rings is 1. The lowest BCUT2D eigenvalue weighted by atomic mass is 9.89. The molecule has 1 aromatic heterocycles. The van der Waals surface area contributed by atoms with Gasteiger partial charge in [-0.25, -0.2) is 0 Å². The number of nitrogens with one attached hydrogen (secondary N) is 2. The maximum absolute atomic E-state index is 12.1. The van der Waals surface area contributed by atoms with Crippen molar-refractivity contribution >= 4 is 5.91 Å². The molecule has 32 heavy (non-hydrogen) atoms. The predicted molar refractivity (Wildman–Crippen MR) is 128 cm³/mol. The molecule has 0 spiro atoms. The van der Waals surface area contributed by atoms with Crippen LogP contribution in [0.5, 0.6) is 0 Å². The Labute approximate surface area is 192 Å². The SMILES string of the molecule is CN(C)CC(=O)NCc1cccc2c1C[C@H](CCN(C)[C@H]1CCCc3cccnc31)NC2. The van der Waals surface area contributed by atoms with Gasteiger partial charge in [0, 0.05) is 25.3 Å². The summed E-state index contributed by atoms with van der Waals surface area (Å²) in [7, 11) is 6.08. The van der Waals surface area contributed by atoms with E-state index in [-0.39, 0.29) is 5.91 Å². The second kappa shape index (κ2) is 10.6. The minimum atomic E-state index is 0.0704. The quantitative estimate of drug-likeness (QED) is 0.668. The normalized spacial score (nSPS) is 20.2. The zero-order valence-corrected chi connectivity index (χ0v) is 19.7. The third-order valence-corrected chi connectivity index (χ3v) is 6.87. The Balaban J connectivity index is 1.35. The molecular weight excluding hydrogens is 398 g/mol. The van der Waals surface area contributed by atoms with E-state index in [1.54, 1.807) is 0 Å². The Morgan fingerprint density at radius 2 is 2.03 bits per heavy atom. The molecule has 0 saturated carbocycles. The van der Waals surface area contributed by atoms with Gasteiger partial charge in [-0.05, 0) is 88.1 Å². The molecule has 0 radical (unpaired) electrons. The van der Waals surface area contributed by atoms with E-state index in [4.69, 9.17) is 4.98 Å². The summed E-state index contributed by atoms with van der Waals surface area (Å²) in [5.74, 6) is 0.0704. The van der Waals surface area contributed by atoms with Crippen molar-refractivity contribution in [3.05, 3.63) is 64.5 Å². The fourth-order valence-corrected chi connectivity index (χ4v) is 5.12. The number of amides is 1. The first kappa shape index (κ1) is 22.9. The Morgan fingerprint density at radius 1 is 1.19 bits per heavy atom. The standard InChI is InChI=1S/C26H37N5O/c1-30(2)18-25(32)29-17-21-9-4-8-20-16-28-22(15-23(20)21)12-14-31(3)24-11-5-7-19-10-6-13-27-26(19)24/h4,6,8-10,13,22,24,28H,5,7,11-12,14-18H2,1-3H3,(H,29,32)/t22-,24-/m0/s1. The molecule has 2 N–H and O–H groups in total. The Kier molecular flexibility index (Phi) is 7.55. The Hall–Kier alpha value is -2.28. The number of hydrogen-bond acceptors (Lipinski definition) is 5. The molecular formula is C26H37N5O. The first-order chi connectivity index (χ1) is 15.5. The largest absolute Gasteiger partial charge is 0.351 e. The Bertz CT molecular complexity index is 928. The fraction of sp³-hybridized carbons (Fsp3) is 0.538. The number of aryl methyl sites for hydroxylation is 1. The summed E-state index contributed by atoms with van der Waals surface area (Å²) in [5, 5.41) is 6.82. The highest BCUT2D eigenvalue weighted by atomic mass is 16.2. The number of carbonyl (C=O) groups is 1. The van der Waals surface area contributed by atoms with Crippen molar-refractivity contribution < 1.29 is 4.79 Å². The van der Waals surface area contributed by atoms with E-state index in [1.807, 2.05) is 25.2 Å². The van der Waals surface area contributed by atoms with Gasteiger partial charge in [-0.15, -0.1) is 0 Å². The minimum absolute atomic E-state index is 0.0704. The van der Waals surface area contributed by atoms with Gasteiger partial charge < -0.3 is 15.5 Å². The minimum Gasteiger partial charge on any atom is -0.351 e. The molecule has 1 aliphatic heterocycles. The van der Waals surface area contributed by atoms with Crippen molar-refractivity contribution in [2.45, 2.75) is 57.3 Å². The van der Waals surface area contributed by atoms with Gasteiger partial charge in [0.25, 0.3) is 0 Å². The number of rotatable bonds is 8. The average molecular weight is 436 g/mol. The molecule has 0 unspecified atom stereocenters. The maximum Gasteiger partial charge on any atom is 0.234 e. The summed E-state index contributed by atoms with van der Waals surface area (Å²) in [6, 6.07) is 11.7. The number of likely N-dealkylation sites (N-methyl/N-ethyl adjacent to an activating group) is 1. The summed E-state index contributed by atoms with van der Waals surface area (Å²) in [6.07, 6.45) is 7.65. The van der Waals surface area contributed by atoms with Crippen LogP contribution in [0.1, 0.15) is 53.3 Å². The summed E-state index contributed by atoms with van der Waals surface area (Å²) < 4.78 is 0. The molecule has 0 fully saturated rings. The van der Waals surface area contributed by atoms with Gasteiger partial charge >= 0.3 is 0 Å². The molecule has 172 valence electrons. The van der Waals surface area contributed by atoms with Gasteiger partial charge in [-0.1, -0.05) is 24.3 Å². The molecule has 4 rings (SSSR count). The topological polar surface area (TPSA) is 60.5 Å². The molecule has 2 aromatic rings. The lowest BCUT2D eigenvalue weighted by Gasteiger charge is -2.34. The van der Waals surface area contributed by atoms with Crippen LogP contribution in [0.25, 0.3) is 0 Å². The second-order valence-electron chi connectivity index (χ2n) is 9.58. The van der Waals surface area contributed by atoms with Crippen LogP contribution in [0.3, 0.4) is 0 Å². The molecule has 1 aromatic carbocycles. The predicted octanol–water partition coefficient (Wildman–Crippen LogP) is 2.67. The summed E-state index contributed by atoms with van der Waals surface area (Å²) in [4.78, 5) is 21.2. The van der Waals surface area contributed by atoms with Gasteiger partial charge in [-0.2, -0.15) is 0 Å². The second-order valence-corrected chi connectivity index (χ2v) is 9.58. The number of fused-ring (bicyclic) bond motifs is 2. The van der Waals surface area contributed by atoms with Gasteiger partial charge in [0.05, 0.1) is 18.3 Å². The highest BCUT2D eigenvalue weighted by Crippen LogP contribution is 2.32. The van der Waals surface area contributed by atoms with E-state index in [0.29, 0.717) is 25.2 Å². The van der Waals surface area contributed by atoms with E-state index in [2.05, 4.69) is 52.9 Å². The number of aromatic nitrogens is 1. The van der Waals surface area contributed by atoms with Crippen molar-refractivity contribution in [2.75, 3.05) is 34.2 Å². The van der Waals surface area contributed by atoms with E-state index >= 15 is 0 Å². The molecule has 1 amide bonds. The van der Waals surface area contributed by atoms with E-state index in [9.17, 15) is 4.79 Å². The number of carbonyl (C=O) groups excluding carboxylic acids is 1. The van der Waals surface area contributed by atoms with Crippen LogP contribution in [0, 0.1) is 0 Å². The van der Waals surface area contributed by atoms with Crippen LogP contribution < -0.4 is 10.6 Å². The monoisotopic (exact) mass is 435 g/mol. The lowest BCUT2D eigenvalue weighted by Crippen LogP contribution is -2.40. The molecule has 6 heteroatoms. The van der Waals surface area contributed by atoms with Crippen molar-refractivity contribution in [2.24, 2.45) is 0 Å². The first-order valence-electron chi connectivity index (χ1n) is 11.9. The van der Waals surface area contributed by atoms with Crippen molar-refractivity contribution in [1.29, 1.82) is 0 Å². The molecule has 1 aliphatic carbocycles. The van der Waals surface area contributed by atoms with E-state index in [1.165, 1.54) is 40.8 Å². The van der Waals surface area contributed by atoms with Crippen LogP contribution in [0.4, 0.5) is 0 Å².